The summed E-state index contributed by atoms with van der Waals surface area (Å²) in [6.45, 7) is 6.41. The Hall–Kier alpha value is -1.30. The summed E-state index contributed by atoms with van der Waals surface area (Å²) in [5.74, 6) is 0.0984. The summed E-state index contributed by atoms with van der Waals surface area (Å²) in [7, 11) is -1.90. The Morgan fingerprint density at radius 2 is 2.00 bits per heavy atom. The molecule has 3 nitrogen and oxygen atoms in total. The smallest absolute Gasteiger partial charge is 0.185 e. The number of hydrogen-bond acceptors (Lipinski definition) is 3. The number of ketones is 1. The molecule has 1 aliphatic carbocycles. The molecule has 0 spiro atoms. The predicted molar refractivity (Wildman–Crippen MR) is 92.5 cm³/mol. The summed E-state index contributed by atoms with van der Waals surface area (Å²) in [4.78, 5) is 17.0. The van der Waals surface area contributed by atoms with Crippen molar-refractivity contribution in [3.63, 3.8) is 0 Å². The minimum atomic E-state index is -1.90. The van der Waals surface area contributed by atoms with E-state index in [9.17, 15) is 4.79 Å². The minimum absolute atomic E-state index is 0.0984. The van der Waals surface area contributed by atoms with Crippen LogP contribution in [0.15, 0.2) is 47.1 Å². The zero-order valence-electron chi connectivity index (χ0n) is 12.9. The first-order valence-corrected chi connectivity index (χ1v) is 11.5. The summed E-state index contributed by atoms with van der Waals surface area (Å²) in [6.07, 6.45) is 2.05. The van der Waals surface area contributed by atoms with Crippen LogP contribution in [0.4, 0.5) is 0 Å². The van der Waals surface area contributed by atoms with Gasteiger partial charge in [-0.05, 0) is 49.5 Å². The molecule has 0 saturated carbocycles. The van der Waals surface area contributed by atoms with Gasteiger partial charge >= 0.3 is 0 Å². The summed E-state index contributed by atoms with van der Waals surface area (Å²) in [6, 6.07) is 11.6. The summed E-state index contributed by atoms with van der Waals surface area (Å²) in [5, 5.41) is 0. The molecule has 1 aromatic carbocycles. The molecule has 0 bridgehead atoms. The first-order chi connectivity index (χ1) is 10.3. The van der Waals surface area contributed by atoms with E-state index < -0.39 is 13.9 Å². The Morgan fingerprint density at radius 1 is 1.23 bits per heavy atom. The van der Waals surface area contributed by atoms with Gasteiger partial charge in [-0.3, -0.25) is 9.78 Å². The van der Waals surface area contributed by atoms with Gasteiger partial charge in [-0.2, -0.15) is 0 Å². The summed E-state index contributed by atoms with van der Waals surface area (Å²) in [5.41, 5.74) is 1.65. The molecule has 0 aliphatic heterocycles. The Bertz CT molecular complexity index is 741. The highest BCUT2D eigenvalue weighted by atomic mass is 79.9. The third-order valence-electron chi connectivity index (χ3n) is 3.67. The molecule has 1 aromatic heterocycles. The monoisotopic (exact) mass is 375 g/mol. The van der Waals surface area contributed by atoms with Crippen LogP contribution in [0.2, 0.25) is 19.6 Å². The van der Waals surface area contributed by atoms with E-state index in [0.29, 0.717) is 12.0 Å². The maximum Gasteiger partial charge on any atom is 0.185 e. The van der Waals surface area contributed by atoms with Crippen LogP contribution in [0.5, 0.6) is 0 Å². The van der Waals surface area contributed by atoms with Gasteiger partial charge in [-0.1, -0.05) is 28.1 Å². The van der Waals surface area contributed by atoms with E-state index >= 15 is 0 Å². The number of benzene rings is 1. The van der Waals surface area contributed by atoms with Gasteiger partial charge in [0, 0.05) is 22.7 Å². The molecule has 1 unspecified atom stereocenters. The number of halogens is 1. The number of nitrogens with zero attached hydrogens (tertiary/aromatic N) is 1. The number of rotatable bonds is 3. The zero-order valence-corrected chi connectivity index (χ0v) is 15.5. The first-order valence-electron chi connectivity index (χ1n) is 7.27. The molecule has 0 saturated heterocycles. The number of carbonyl (C=O) groups is 1. The Balaban J connectivity index is 2.24. The van der Waals surface area contributed by atoms with Crippen LogP contribution >= 0.6 is 15.9 Å². The standard InChI is InChI=1S/C17H18BrNO2Si/c1-22(2,3)21-17(12-6-4-7-13(18)10-12)11-15(20)14-8-5-9-19-16(14)17/h4-10H,11H2,1-3H3. The lowest BCUT2D eigenvalue weighted by Gasteiger charge is -2.36. The number of carbonyl (C=O) groups excluding carboxylic acids is 1. The lowest BCUT2D eigenvalue weighted by atomic mass is 9.91. The topological polar surface area (TPSA) is 39.2 Å². The van der Waals surface area contributed by atoms with Crippen molar-refractivity contribution in [3.05, 3.63) is 63.9 Å². The van der Waals surface area contributed by atoms with E-state index in [1.165, 1.54) is 0 Å². The van der Waals surface area contributed by atoms with Gasteiger partial charge in [0.15, 0.2) is 14.1 Å². The van der Waals surface area contributed by atoms with Gasteiger partial charge in [0.1, 0.15) is 5.60 Å². The largest absolute Gasteiger partial charge is 0.402 e. The van der Waals surface area contributed by atoms with Crippen LogP contribution < -0.4 is 0 Å². The van der Waals surface area contributed by atoms with E-state index in [2.05, 4.69) is 40.6 Å². The molecular formula is C17H18BrNO2Si. The van der Waals surface area contributed by atoms with E-state index in [-0.39, 0.29) is 5.78 Å². The Kier molecular flexibility index (Phi) is 3.83. The second-order valence-electron chi connectivity index (χ2n) is 6.55. The van der Waals surface area contributed by atoms with Gasteiger partial charge in [0.2, 0.25) is 0 Å². The molecular weight excluding hydrogens is 358 g/mol. The van der Waals surface area contributed by atoms with Crippen molar-refractivity contribution >= 4 is 30.0 Å². The van der Waals surface area contributed by atoms with Gasteiger partial charge in [0.05, 0.1) is 5.69 Å². The van der Waals surface area contributed by atoms with Crippen LogP contribution in [0.3, 0.4) is 0 Å². The lowest BCUT2D eigenvalue weighted by molar-refractivity contribution is 0.0769. The third kappa shape index (κ3) is 2.69. The fraction of sp³-hybridized carbons (Fsp3) is 0.294. The summed E-state index contributed by atoms with van der Waals surface area (Å²) < 4.78 is 7.53. The van der Waals surface area contributed by atoms with E-state index in [1.54, 1.807) is 6.20 Å². The number of Topliss-reactive ketones (excluding diaryl/α,β-unsaturated/α-hetero) is 1. The Morgan fingerprint density at radius 3 is 2.68 bits per heavy atom. The molecule has 5 heteroatoms. The maximum atomic E-state index is 12.5. The second kappa shape index (κ2) is 5.40. The summed E-state index contributed by atoms with van der Waals surface area (Å²) >= 11 is 3.52. The van der Waals surface area contributed by atoms with E-state index in [4.69, 9.17) is 4.43 Å². The van der Waals surface area contributed by atoms with Crippen molar-refractivity contribution in [2.75, 3.05) is 0 Å². The van der Waals surface area contributed by atoms with Crippen LogP contribution in [-0.4, -0.2) is 19.1 Å². The molecule has 0 fully saturated rings. The number of aromatic nitrogens is 1. The average Bonchev–Trinajstić information content (AvgIpc) is 2.72. The average molecular weight is 376 g/mol. The molecule has 1 atom stereocenters. The lowest BCUT2D eigenvalue weighted by Crippen LogP contribution is -2.41. The normalized spacial score (nSPS) is 21.0. The zero-order chi connectivity index (χ0) is 16.0. The van der Waals surface area contributed by atoms with Crippen molar-refractivity contribution in [1.29, 1.82) is 0 Å². The third-order valence-corrected chi connectivity index (χ3v) is 5.13. The number of fused-ring (bicyclic) bond motifs is 1. The highest BCUT2D eigenvalue weighted by Gasteiger charge is 2.49. The van der Waals surface area contributed by atoms with Crippen LogP contribution in [-0.2, 0) is 10.0 Å². The predicted octanol–water partition coefficient (Wildman–Crippen LogP) is 4.53. The Labute approximate surface area is 140 Å². The fourth-order valence-corrected chi connectivity index (χ4v) is 4.73. The van der Waals surface area contributed by atoms with E-state index in [1.807, 2.05) is 36.4 Å². The molecule has 3 rings (SSSR count). The van der Waals surface area contributed by atoms with Crippen LogP contribution in [0, 0.1) is 0 Å². The van der Waals surface area contributed by atoms with Crippen LogP contribution in [0.1, 0.15) is 28.0 Å². The van der Waals surface area contributed by atoms with Crippen molar-refractivity contribution in [3.8, 4) is 0 Å². The van der Waals surface area contributed by atoms with Gasteiger partial charge in [-0.15, -0.1) is 0 Å². The maximum absolute atomic E-state index is 12.5. The van der Waals surface area contributed by atoms with Gasteiger partial charge < -0.3 is 4.43 Å². The highest BCUT2D eigenvalue weighted by Crippen LogP contribution is 2.46. The molecule has 22 heavy (non-hydrogen) atoms. The van der Waals surface area contributed by atoms with Crippen molar-refractivity contribution in [1.82, 2.24) is 4.98 Å². The quantitative estimate of drug-likeness (QED) is 0.739. The second-order valence-corrected chi connectivity index (χ2v) is 11.9. The van der Waals surface area contributed by atoms with Crippen molar-refractivity contribution < 1.29 is 9.22 Å². The molecule has 0 radical (unpaired) electrons. The fourth-order valence-electron chi connectivity index (χ4n) is 3.00. The van der Waals surface area contributed by atoms with Crippen LogP contribution in [0.25, 0.3) is 0 Å². The molecule has 2 aromatic rings. The van der Waals surface area contributed by atoms with Crippen molar-refractivity contribution in [2.24, 2.45) is 0 Å². The molecule has 1 heterocycles. The number of pyridine rings is 1. The molecule has 0 N–H and O–H groups in total. The number of hydrogen-bond donors (Lipinski definition) is 0. The van der Waals surface area contributed by atoms with Gasteiger partial charge in [-0.25, -0.2) is 0 Å². The highest BCUT2D eigenvalue weighted by molar-refractivity contribution is 9.10. The molecule has 0 amide bonds. The molecule has 1 aliphatic rings. The minimum Gasteiger partial charge on any atom is -0.402 e. The SMILES string of the molecule is C[Si](C)(C)OC1(c2cccc(Br)c2)CC(=O)c2cccnc21. The van der Waals surface area contributed by atoms with Crippen molar-refractivity contribution in [2.45, 2.75) is 31.7 Å². The van der Waals surface area contributed by atoms with Gasteiger partial charge in [0.25, 0.3) is 0 Å². The first kappa shape index (κ1) is 15.6. The molecule has 114 valence electrons. The van der Waals surface area contributed by atoms with E-state index in [0.717, 1.165) is 15.7 Å².